The summed E-state index contributed by atoms with van der Waals surface area (Å²) < 4.78 is 6.39. The first-order valence-corrected chi connectivity index (χ1v) is 5.73. The predicted octanol–water partition coefficient (Wildman–Crippen LogP) is -2.07. The van der Waals surface area contributed by atoms with Crippen LogP contribution in [0.5, 0.6) is 0 Å². The van der Waals surface area contributed by atoms with Gasteiger partial charge in [0.15, 0.2) is 6.23 Å². The van der Waals surface area contributed by atoms with Crippen LogP contribution in [-0.4, -0.2) is 48.8 Å². The van der Waals surface area contributed by atoms with Gasteiger partial charge < -0.3 is 20.1 Å². The number of aliphatic hydroxyl groups excluding tert-OH is 2. The molecule has 0 amide bonds. The van der Waals surface area contributed by atoms with Crippen LogP contribution in [0.15, 0.2) is 21.9 Å². The zero-order valence-electron chi connectivity index (χ0n) is 10.5. The van der Waals surface area contributed by atoms with Crippen LogP contribution >= 0.6 is 0 Å². The summed E-state index contributed by atoms with van der Waals surface area (Å²) >= 11 is 0. The van der Waals surface area contributed by atoms with Crippen molar-refractivity contribution in [1.29, 1.82) is 0 Å². The number of aromatic nitrogens is 2. The average molecular weight is 272 g/mol. The second-order valence-electron chi connectivity index (χ2n) is 5.09. The van der Waals surface area contributed by atoms with Crippen molar-refractivity contribution in [3.05, 3.63) is 33.1 Å². The van der Waals surface area contributed by atoms with Gasteiger partial charge in [0, 0.05) is 12.3 Å². The third-order valence-corrected chi connectivity index (χ3v) is 3.43. The lowest BCUT2D eigenvalue weighted by Gasteiger charge is -2.28. The van der Waals surface area contributed by atoms with E-state index in [2.05, 4.69) is 0 Å². The molecular formula is C11H16N2O6. The quantitative estimate of drug-likeness (QED) is 0.490. The summed E-state index contributed by atoms with van der Waals surface area (Å²) in [5, 5.41) is 29.6. The molecule has 1 aliphatic rings. The van der Waals surface area contributed by atoms with E-state index in [4.69, 9.17) is 4.74 Å². The molecule has 0 saturated carbocycles. The van der Waals surface area contributed by atoms with Crippen LogP contribution in [-0.2, 0) is 4.74 Å². The van der Waals surface area contributed by atoms with Crippen molar-refractivity contribution in [2.24, 2.45) is 0 Å². The summed E-state index contributed by atoms with van der Waals surface area (Å²) in [5.74, 6) is 0. The Bertz CT molecular complexity index is 591. The maximum absolute atomic E-state index is 11.7. The number of ether oxygens (including phenoxy) is 1. The Kier molecular flexibility index (Phi) is 3.13. The molecule has 2 rings (SSSR count). The second kappa shape index (κ2) is 4.27. The molecule has 1 unspecified atom stereocenters. The van der Waals surface area contributed by atoms with Crippen LogP contribution in [0.2, 0.25) is 0 Å². The van der Waals surface area contributed by atoms with Gasteiger partial charge >= 0.3 is 5.69 Å². The molecule has 1 aliphatic heterocycles. The number of hydrogen-bond donors (Lipinski definition) is 4. The number of nitrogens with zero attached hydrogens (tertiary/aromatic N) is 1. The smallest absolute Gasteiger partial charge is 0.330 e. The summed E-state index contributed by atoms with van der Waals surface area (Å²) in [7, 11) is 0. The molecule has 4 N–H and O–H groups in total. The summed E-state index contributed by atoms with van der Waals surface area (Å²) in [6.45, 7) is 2.18. The second-order valence-corrected chi connectivity index (χ2v) is 5.09. The van der Waals surface area contributed by atoms with E-state index in [1.54, 1.807) is 0 Å². The molecule has 1 saturated heterocycles. The highest BCUT2D eigenvalue weighted by atomic mass is 16.6. The van der Waals surface area contributed by atoms with Crippen LogP contribution < -0.4 is 11.2 Å². The number of aliphatic hydroxyl groups is 3. The van der Waals surface area contributed by atoms with Gasteiger partial charge in [-0.15, -0.1) is 0 Å². The lowest BCUT2D eigenvalue weighted by molar-refractivity contribution is -0.122. The maximum Gasteiger partial charge on any atom is 0.330 e. The molecule has 2 heterocycles. The van der Waals surface area contributed by atoms with Crippen molar-refractivity contribution < 1.29 is 20.1 Å². The highest BCUT2D eigenvalue weighted by Gasteiger charge is 2.59. The SMILES string of the molecule is C[C@]1(CO)OC(n2ccc(=O)[nH]c2=O)[C@](C)(O)[C@@H]1O. The fraction of sp³-hybridized carbons (Fsp3) is 0.636. The van der Waals surface area contributed by atoms with Gasteiger partial charge in [0.25, 0.3) is 5.56 Å². The molecular weight excluding hydrogens is 256 g/mol. The first kappa shape index (κ1) is 13.9. The average Bonchev–Trinajstić information content (AvgIpc) is 2.51. The van der Waals surface area contributed by atoms with Gasteiger partial charge in [0.05, 0.1) is 6.61 Å². The van der Waals surface area contributed by atoms with Gasteiger partial charge in [-0.05, 0) is 13.8 Å². The molecule has 8 heteroatoms. The Labute approximate surface area is 107 Å². The van der Waals surface area contributed by atoms with Gasteiger partial charge in [-0.25, -0.2) is 4.79 Å². The highest BCUT2D eigenvalue weighted by molar-refractivity contribution is 5.06. The zero-order valence-corrected chi connectivity index (χ0v) is 10.5. The van der Waals surface area contributed by atoms with Crippen LogP contribution in [0.3, 0.4) is 0 Å². The van der Waals surface area contributed by atoms with Gasteiger partial charge in [0.2, 0.25) is 0 Å². The van der Waals surface area contributed by atoms with E-state index in [1.807, 2.05) is 4.98 Å². The topological polar surface area (TPSA) is 125 Å². The molecule has 1 fully saturated rings. The summed E-state index contributed by atoms with van der Waals surface area (Å²) in [6.07, 6.45) is -1.45. The monoisotopic (exact) mass is 272 g/mol. The molecule has 106 valence electrons. The van der Waals surface area contributed by atoms with Gasteiger partial charge in [-0.2, -0.15) is 0 Å². The van der Waals surface area contributed by atoms with E-state index in [-0.39, 0.29) is 0 Å². The molecule has 0 bridgehead atoms. The van der Waals surface area contributed by atoms with Crippen molar-refractivity contribution in [3.63, 3.8) is 0 Å². The molecule has 0 spiro atoms. The van der Waals surface area contributed by atoms with E-state index in [0.29, 0.717) is 0 Å². The van der Waals surface area contributed by atoms with Crippen LogP contribution in [0, 0.1) is 0 Å². The molecule has 1 aromatic heterocycles. The minimum absolute atomic E-state index is 0.529. The predicted molar refractivity (Wildman–Crippen MR) is 63.6 cm³/mol. The van der Waals surface area contributed by atoms with Gasteiger partial charge in [-0.1, -0.05) is 0 Å². The van der Waals surface area contributed by atoms with E-state index >= 15 is 0 Å². The Hall–Kier alpha value is -1.48. The first-order valence-electron chi connectivity index (χ1n) is 5.73. The number of rotatable bonds is 2. The standard InChI is InChI=1S/C11H16N2O6/c1-10(5-14)7(16)11(2,18)8(19-10)13-4-3-6(15)12-9(13)17/h3-4,7-8,14,16,18H,5H2,1-2H3,(H,12,15,17)/t7-,8?,10-,11-/m1/s1. The lowest BCUT2D eigenvalue weighted by atomic mass is 9.89. The van der Waals surface area contributed by atoms with Gasteiger partial charge in [0.1, 0.15) is 17.3 Å². The number of nitrogens with one attached hydrogen (secondary N) is 1. The lowest BCUT2D eigenvalue weighted by Crippen LogP contribution is -2.50. The molecule has 8 nitrogen and oxygen atoms in total. The van der Waals surface area contributed by atoms with Crippen LogP contribution in [0.25, 0.3) is 0 Å². The third kappa shape index (κ3) is 2.02. The normalized spacial score (nSPS) is 38.6. The van der Waals surface area contributed by atoms with Crippen LogP contribution in [0.4, 0.5) is 0 Å². The molecule has 0 aliphatic carbocycles. The summed E-state index contributed by atoms with van der Waals surface area (Å²) in [5.41, 5.74) is -4.54. The molecule has 4 atom stereocenters. The number of hydrogen-bond acceptors (Lipinski definition) is 6. The van der Waals surface area contributed by atoms with E-state index in [1.165, 1.54) is 13.8 Å². The fourth-order valence-electron chi connectivity index (χ4n) is 2.27. The molecule has 0 radical (unpaired) electrons. The Morgan fingerprint density at radius 3 is 2.58 bits per heavy atom. The molecule has 1 aromatic rings. The zero-order chi connectivity index (χ0) is 14.4. The summed E-state index contributed by atoms with van der Waals surface area (Å²) in [4.78, 5) is 24.7. The summed E-state index contributed by atoms with van der Waals surface area (Å²) in [6, 6.07) is 1.10. The highest BCUT2D eigenvalue weighted by Crippen LogP contribution is 2.43. The Balaban J connectivity index is 2.51. The largest absolute Gasteiger partial charge is 0.393 e. The van der Waals surface area contributed by atoms with Crippen molar-refractivity contribution in [3.8, 4) is 0 Å². The fourth-order valence-corrected chi connectivity index (χ4v) is 2.27. The number of aromatic amines is 1. The third-order valence-electron chi connectivity index (χ3n) is 3.43. The van der Waals surface area contributed by atoms with E-state index in [0.717, 1.165) is 16.8 Å². The maximum atomic E-state index is 11.7. The van der Waals surface area contributed by atoms with Crippen molar-refractivity contribution in [2.45, 2.75) is 37.4 Å². The van der Waals surface area contributed by atoms with Gasteiger partial charge in [-0.3, -0.25) is 14.3 Å². The minimum atomic E-state index is -1.79. The van der Waals surface area contributed by atoms with E-state index in [9.17, 15) is 24.9 Å². The van der Waals surface area contributed by atoms with E-state index < -0.39 is 41.4 Å². The van der Waals surface area contributed by atoms with Crippen molar-refractivity contribution >= 4 is 0 Å². The van der Waals surface area contributed by atoms with Crippen molar-refractivity contribution in [1.82, 2.24) is 9.55 Å². The molecule has 19 heavy (non-hydrogen) atoms. The number of H-pyrrole nitrogens is 1. The first-order chi connectivity index (χ1) is 8.72. The minimum Gasteiger partial charge on any atom is -0.393 e. The Morgan fingerprint density at radius 1 is 1.47 bits per heavy atom. The van der Waals surface area contributed by atoms with Crippen LogP contribution in [0.1, 0.15) is 20.1 Å². The molecule has 0 aromatic carbocycles. The Morgan fingerprint density at radius 2 is 2.11 bits per heavy atom. The van der Waals surface area contributed by atoms with Crippen molar-refractivity contribution in [2.75, 3.05) is 6.61 Å².